The fourth-order valence-electron chi connectivity index (χ4n) is 4.51. The van der Waals surface area contributed by atoms with E-state index in [2.05, 4.69) is 17.6 Å². The molecule has 198 valence electrons. The third-order valence-electron chi connectivity index (χ3n) is 6.52. The molecule has 2 aliphatic heterocycles. The van der Waals surface area contributed by atoms with E-state index in [0.29, 0.717) is 38.5 Å². The van der Waals surface area contributed by atoms with Crippen molar-refractivity contribution in [3.63, 3.8) is 0 Å². The maximum absolute atomic E-state index is 13.6. The number of fused-ring (bicyclic) bond motifs is 2. The number of nitrogens with zero attached hydrogens (tertiary/aromatic N) is 1. The Balaban J connectivity index is 1.50. The minimum Gasteiger partial charge on any atom is -0.486 e. The van der Waals surface area contributed by atoms with Crippen molar-refractivity contribution < 1.29 is 23.9 Å². The smallest absolute Gasteiger partial charge is 0.289 e. The third kappa shape index (κ3) is 6.84. The summed E-state index contributed by atoms with van der Waals surface area (Å²) in [5.74, 6) is -0.151. The van der Waals surface area contributed by atoms with Gasteiger partial charge in [-0.25, -0.2) is 4.31 Å². The van der Waals surface area contributed by atoms with Crippen molar-refractivity contribution in [2.45, 2.75) is 62.9 Å². The maximum atomic E-state index is 13.6. The van der Waals surface area contributed by atoms with Crippen LogP contribution in [0.4, 0.5) is 0 Å². The molecule has 0 fully saturated rings. The van der Waals surface area contributed by atoms with Crippen molar-refractivity contribution in [1.29, 1.82) is 0 Å². The minimum atomic E-state index is -0.952. The van der Waals surface area contributed by atoms with E-state index < -0.39 is 23.8 Å². The molecule has 2 unspecified atom stereocenters. The van der Waals surface area contributed by atoms with E-state index in [1.54, 1.807) is 0 Å². The Morgan fingerprint density at radius 2 is 1.78 bits per heavy atom. The van der Waals surface area contributed by atoms with Crippen molar-refractivity contribution in [3.8, 4) is 11.5 Å². The van der Waals surface area contributed by atoms with Crippen molar-refractivity contribution in [2.75, 3.05) is 26.3 Å². The number of likely N-dealkylation sites (N-methyl/N-ethyl adjacent to an activating group) is 1. The van der Waals surface area contributed by atoms with Crippen LogP contribution in [0, 0.1) is 0 Å². The molecule has 2 heterocycles. The van der Waals surface area contributed by atoms with Gasteiger partial charge in [0.15, 0.2) is 11.5 Å². The van der Waals surface area contributed by atoms with Crippen LogP contribution < -0.4 is 20.1 Å². The second-order valence-corrected chi connectivity index (χ2v) is 10.3. The number of unbranched alkanes of at least 4 members (excludes halogenated alkanes) is 2. The Labute approximate surface area is 222 Å². The highest BCUT2D eigenvalue weighted by atomic mass is 32.2. The topological polar surface area (TPSA) is 97.0 Å². The average Bonchev–Trinajstić information content (AvgIpc) is 2.93. The van der Waals surface area contributed by atoms with Crippen molar-refractivity contribution in [3.05, 3.63) is 53.6 Å². The predicted molar refractivity (Wildman–Crippen MR) is 143 cm³/mol. The Morgan fingerprint density at radius 1 is 1.05 bits per heavy atom. The molecule has 0 radical (unpaired) electrons. The molecule has 2 aromatic rings. The number of nitrogens with one attached hydrogen (secondary N) is 2. The van der Waals surface area contributed by atoms with Crippen LogP contribution in [0.5, 0.6) is 11.5 Å². The Hall–Kier alpha value is -3.04. The molecule has 4 rings (SSSR count). The molecular weight excluding hydrogens is 490 g/mol. The molecule has 37 heavy (non-hydrogen) atoms. The van der Waals surface area contributed by atoms with Gasteiger partial charge >= 0.3 is 0 Å². The number of Topliss-reactive ketones (excluding diaryl/α,β-unsaturated/α-hetero) is 1. The van der Waals surface area contributed by atoms with Gasteiger partial charge in [-0.05, 0) is 48.0 Å². The molecule has 8 nitrogen and oxygen atoms in total. The molecule has 0 aromatic heterocycles. The van der Waals surface area contributed by atoms with Crippen molar-refractivity contribution in [1.82, 2.24) is 14.9 Å². The first kappa shape index (κ1) is 27.0. The Kier molecular flexibility index (Phi) is 9.46. The van der Waals surface area contributed by atoms with Crippen LogP contribution in [0.25, 0.3) is 0 Å². The molecule has 2 N–H and O–H groups in total. The van der Waals surface area contributed by atoms with Gasteiger partial charge in [-0.1, -0.05) is 57.0 Å². The van der Waals surface area contributed by atoms with Crippen LogP contribution in [-0.2, 0) is 27.2 Å². The lowest BCUT2D eigenvalue weighted by molar-refractivity contribution is -0.140. The fraction of sp³-hybridized carbons (Fsp3) is 0.464. The number of rotatable bonds is 11. The summed E-state index contributed by atoms with van der Waals surface area (Å²) in [4.78, 5) is 40.4. The van der Waals surface area contributed by atoms with Crippen molar-refractivity contribution in [2.24, 2.45) is 0 Å². The van der Waals surface area contributed by atoms with Crippen LogP contribution in [0.1, 0.15) is 44.2 Å². The van der Waals surface area contributed by atoms with Crippen LogP contribution in [-0.4, -0.2) is 60.3 Å². The number of ether oxygens (including phenoxy) is 2. The summed E-state index contributed by atoms with van der Waals surface area (Å²) >= 11 is 1.50. The Bertz CT molecular complexity index is 1110. The second kappa shape index (κ2) is 13.0. The van der Waals surface area contributed by atoms with E-state index >= 15 is 0 Å². The van der Waals surface area contributed by atoms with Gasteiger partial charge in [0.25, 0.3) is 5.91 Å². The predicted octanol–water partition coefficient (Wildman–Crippen LogP) is 3.31. The highest BCUT2D eigenvalue weighted by molar-refractivity contribution is 7.97. The summed E-state index contributed by atoms with van der Waals surface area (Å²) in [6.07, 6.45) is 3.53. The number of hydrogen-bond donors (Lipinski definition) is 2. The highest BCUT2D eigenvalue weighted by Gasteiger charge is 2.36. The van der Waals surface area contributed by atoms with Gasteiger partial charge in [-0.2, -0.15) is 0 Å². The summed E-state index contributed by atoms with van der Waals surface area (Å²) in [7, 11) is 0. The molecule has 0 bridgehead atoms. The van der Waals surface area contributed by atoms with Crippen LogP contribution in [0.2, 0.25) is 0 Å². The normalized spacial score (nSPS) is 17.4. The second-order valence-electron chi connectivity index (χ2n) is 9.23. The molecule has 2 aliphatic rings. The standard InChI is InChI=1S/C28H35N3O5S/c1-3-5-9-12-29-28(34)26(32)21(15-19-10-7-6-8-11-19)30-27(33)22-16-20-17-23-24(36-14-13-35-23)18-25(20)37-31(22)4-2/h6-8,10-11,17-18,21-22H,3-5,9,12-16H2,1-2H3,(H,29,34)(H,30,33). The van der Waals surface area contributed by atoms with Crippen LogP contribution in [0.15, 0.2) is 47.4 Å². The molecule has 0 saturated carbocycles. The van der Waals surface area contributed by atoms with Gasteiger partial charge < -0.3 is 20.1 Å². The summed E-state index contributed by atoms with van der Waals surface area (Å²) in [5.41, 5.74) is 1.87. The van der Waals surface area contributed by atoms with Crippen LogP contribution >= 0.6 is 11.9 Å². The largest absolute Gasteiger partial charge is 0.486 e. The molecule has 2 aromatic carbocycles. The molecule has 0 spiro atoms. The minimum absolute atomic E-state index is 0.245. The number of amides is 2. The monoisotopic (exact) mass is 525 g/mol. The van der Waals surface area contributed by atoms with E-state index in [4.69, 9.17) is 9.47 Å². The van der Waals surface area contributed by atoms with E-state index in [1.807, 2.05) is 53.7 Å². The molecular formula is C28H35N3O5S. The van der Waals surface area contributed by atoms with Gasteiger partial charge in [0, 0.05) is 24.4 Å². The summed E-state index contributed by atoms with van der Waals surface area (Å²) in [6, 6.07) is 11.9. The van der Waals surface area contributed by atoms with E-state index in [1.165, 1.54) is 11.9 Å². The van der Waals surface area contributed by atoms with Gasteiger partial charge in [-0.15, -0.1) is 0 Å². The zero-order valence-corrected chi connectivity index (χ0v) is 22.3. The fourth-order valence-corrected chi connectivity index (χ4v) is 5.61. The molecule has 0 saturated heterocycles. The van der Waals surface area contributed by atoms with E-state index in [9.17, 15) is 14.4 Å². The van der Waals surface area contributed by atoms with E-state index in [0.717, 1.165) is 41.0 Å². The lowest BCUT2D eigenvalue weighted by Crippen LogP contribution is -2.54. The van der Waals surface area contributed by atoms with Gasteiger partial charge in [0.1, 0.15) is 25.3 Å². The number of hydrogen-bond acceptors (Lipinski definition) is 7. The molecule has 0 aliphatic carbocycles. The number of carbonyl (C=O) groups excluding carboxylic acids is 3. The lowest BCUT2D eigenvalue weighted by Gasteiger charge is -2.35. The molecule has 9 heteroatoms. The molecule has 2 amide bonds. The first-order valence-corrected chi connectivity index (χ1v) is 13.8. The summed E-state index contributed by atoms with van der Waals surface area (Å²) in [5, 5.41) is 5.63. The quantitative estimate of drug-likeness (QED) is 0.264. The lowest BCUT2D eigenvalue weighted by atomic mass is 9.99. The SMILES string of the molecule is CCCCCNC(=O)C(=O)C(Cc1ccccc1)NC(=O)C1Cc2cc3c(cc2SN1CC)OCCO3. The molecule has 2 atom stereocenters. The van der Waals surface area contributed by atoms with E-state index in [-0.39, 0.29) is 12.3 Å². The zero-order chi connectivity index (χ0) is 26.2. The maximum Gasteiger partial charge on any atom is 0.289 e. The zero-order valence-electron chi connectivity index (χ0n) is 21.5. The summed E-state index contributed by atoms with van der Waals surface area (Å²) in [6.45, 7) is 6.16. The average molecular weight is 526 g/mol. The Morgan fingerprint density at radius 3 is 2.49 bits per heavy atom. The number of ketones is 1. The first-order chi connectivity index (χ1) is 18.0. The van der Waals surface area contributed by atoms with Gasteiger partial charge in [0.05, 0.1) is 0 Å². The van der Waals surface area contributed by atoms with Gasteiger partial charge in [0.2, 0.25) is 11.7 Å². The van der Waals surface area contributed by atoms with Crippen molar-refractivity contribution >= 4 is 29.5 Å². The number of carbonyl (C=O) groups is 3. The number of benzene rings is 2. The van der Waals surface area contributed by atoms with Gasteiger partial charge in [-0.3, -0.25) is 14.4 Å². The summed E-state index contributed by atoms with van der Waals surface area (Å²) < 4.78 is 13.5. The first-order valence-electron chi connectivity index (χ1n) is 13.0. The third-order valence-corrected chi connectivity index (χ3v) is 7.85. The van der Waals surface area contributed by atoms with Crippen LogP contribution in [0.3, 0.4) is 0 Å². The highest BCUT2D eigenvalue weighted by Crippen LogP contribution is 2.42.